The van der Waals surface area contributed by atoms with Crippen molar-refractivity contribution in [2.45, 2.75) is 58.3 Å². The maximum absolute atomic E-state index is 13.4. The lowest BCUT2D eigenvalue weighted by molar-refractivity contribution is -0.130. The van der Waals surface area contributed by atoms with Gasteiger partial charge < -0.3 is 20.1 Å². The topological polar surface area (TPSA) is 82.0 Å². The fourth-order valence-electron chi connectivity index (χ4n) is 4.44. The highest BCUT2D eigenvalue weighted by Crippen LogP contribution is 2.29. The molecule has 1 heterocycles. The molecule has 6 heteroatoms. The number of para-hydroxylation sites is 1. The van der Waals surface area contributed by atoms with Gasteiger partial charge in [-0.15, -0.1) is 0 Å². The first-order valence-electron chi connectivity index (χ1n) is 11.8. The summed E-state index contributed by atoms with van der Waals surface area (Å²) in [5, 5.41) is 13.7. The Labute approximate surface area is 196 Å². The van der Waals surface area contributed by atoms with Crippen molar-refractivity contribution in [3.63, 3.8) is 0 Å². The van der Waals surface area contributed by atoms with Gasteiger partial charge in [0.15, 0.2) is 0 Å². The molecule has 6 nitrogen and oxygen atoms in total. The molecule has 2 N–H and O–H groups in total. The molecule has 4 unspecified atom stereocenters. The second kappa shape index (κ2) is 11.2. The zero-order chi connectivity index (χ0) is 24.0. The predicted octanol–water partition coefficient (Wildman–Crippen LogP) is 3.81. The first kappa shape index (κ1) is 24.6. The van der Waals surface area contributed by atoms with E-state index in [-0.39, 0.29) is 11.8 Å². The molecule has 1 aliphatic heterocycles. The van der Waals surface area contributed by atoms with Gasteiger partial charge in [-0.1, -0.05) is 75.7 Å². The van der Waals surface area contributed by atoms with Crippen LogP contribution in [0.1, 0.15) is 51.2 Å². The van der Waals surface area contributed by atoms with Gasteiger partial charge in [-0.05, 0) is 24.8 Å². The monoisotopic (exact) mass is 449 g/mol. The van der Waals surface area contributed by atoms with E-state index in [1.807, 2.05) is 87.3 Å². The van der Waals surface area contributed by atoms with Crippen LogP contribution in [0, 0.1) is 11.8 Å². The third-order valence-corrected chi connectivity index (χ3v) is 6.17. The van der Waals surface area contributed by atoms with Crippen LogP contribution < -0.4 is 10.2 Å². The fraction of sp³-hybridized carbons (Fsp3) is 0.444. The highest BCUT2D eigenvalue weighted by Gasteiger charge is 2.35. The van der Waals surface area contributed by atoms with E-state index in [0.29, 0.717) is 12.8 Å². The summed E-state index contributed by atoms with van der Waals surface area (Å²) in [6.07, 6.45) is 1.22. The number of aliphatic hydroxyl groups excluding tert-OH is 1. The van der Waals surface area contributed by atoms with E-state index in [0.717, 1.165) is 35.2 Å². The summed E-state index contributed by atoms with van der Waals surface area (Å²) < 4.78 is 0. The lowest BCUT2D eigenvalue weighted by atomic mass is 9.89. The van der Waals surface area contributed by atoms with Crippen LogP contribution in [0.3, 0.4) is 0 Å². The molecule has 0 aromatic heterocycles. The summed E-state index contributed by atoms with van der Waals surface area (Å²) in [5.41, 5.74) is 3.41. The number of anilines is 1. The SMILES string of the molecule is CCCC(O)C(CC(C)C)C(=O)NC1N=C(c2ccccc2)c2ccccc2N(C)C1C=O. The summed E-state index contributed by atoms with van der Waals surface area (Å²) in [6, 6.07) is 16.9. The molecule has 3 rings (SSSR count). The van der Waals surface area contributed by atoms with E-state index in [1.165, 1.54) is 0 Å². The smallest absolute Gasteiger partial charge is 0.227 e. The van der Waals surface area contributed by atoms with Crippen LogP contribution in [0.2, 0.25) is 0 Å². The number of hydrogen-bond donors (Lipinski definition) is 2. The Morgan fingerprint density at radius 3 is 2.45 bits per heavy atom. The van der Waals surface area contributed by atoms with Crippen LogP contribution >= 0.6 is 0 Å². The van der Waals surface area contributed by atoms with Gasteiger partial charge in [-0.25, -0.2) is 0 Å². The number of aldehydes is 1. The van der Waals surface area contributed by atoms with Crippen molar-refractivity contribution in [3.8, 4) is 0 Å². The van der Waals surface area contributed by atoms with Crippen molar-refractivity contribution in [2.24, 2.45) is 16.8 Å². The molecule has 176 valence electrons. The number of benzene rings is 2. The lowest BCUT2D eigenvalue weighted by Gasteiger charge is -2.31. The number of amides is 1. The van der Waals surface area contributed by atoms with E-state index >= 15 is 0 Å². The Bertz CT molecular complexity index is 974. The molecule has 4 atom stereocenters. The van der Waals surface area contributed by atoms with Crippen molar-refractivity contribution in [2.75, 3.05) is 11.9 Å². The molecule has 0 saturated heterocycles. The number of carbonyl (C=O) groups excluding carboxylic acids is 2. The minimum Gasteiger partial charge on any atom is -0.392 e. The molecule has 0 radical (unpaired) electrons. The van der Waals surface area contributed by atoms with Gasteiger partial charge in [0.2, 0.25) is 5.91 Å². The maximum atomic E-state index is 13.4. The summed E-state index contributed by atoms with van der Waals surface area (Å²) >= 11 is 0. The zero-order valence-corrected chi connectivity index (χ0v) is 19.9. The standard InChI is InChI=1S/C27H35N3O3/c1-5-11-24(32)21(16-18(2)3)27(33)29-26-23(17-31)30(4)22-15-10-9-14-20(22)25(28-26)19-12-7-6-8-13-19/h6-10,12-15,17-18,21,23-24,26,32H,5,11,16H2,1-4H3,(H,29,33). The summed E-state index contributed by atoms with van der Waals surface area (Å²) in [7, 11) is 1.85. The summed E-state index contributed by atoms with van der Waals surface area (Å²) in [4.78, 5) is 32.4. The van der Waals surface area contributed by atoms with Crippen LogP contribution in [-0.4, -0.2) is 48.4 Å². The van der Waals surface area contributed by atoms with Crippen LogP contribution in [0.5, 0.6) is 0 Å². The van der Waals surface area contributed by atoms with Gasteiger partial charge in [-0.2, -0.15) is 0 Å². The number of rotatable bonds is 9. The van der Waals surface area contributed by atoms with Gasteiger partial charge in [0.1, 0.15) is 18.5 Å². The number of nitrogens with one attached hydrogen (secondary N) is 1. The van der Waals surface area contributed by atoms with E-state index in [2.05, 4.69) is 5.32 Å². The quantitative estimate of drug-likeness (QED) is 0.571. The number of benzodiazepines with no additional fused rings is 1. The third kappa shape index (κ3) is 5.69. The van der Waals surface area contributed by atoms with Crippen molar-refractivity contribution in [1.29, 1.82) is 0 Å². The number of nitrogens with zero attached hydrogens (tertiary/aromatic N) is 2. The summed E-state index contributed by atoms with van der Waals surface area (Å²) in [5.74, 6) is -0.570. The molecule has 2 aromatic rings. The largest absolute Gasteiger partial charge is 0.392 e. The average molecular weight is 450 g/mol. The molecule has 1 amide bonds. The molecule has 0 bridgehead atoms. The van der Waals surface area contributed by atoms with Crippen molar-refractivity contribution < 1.29 is 14.7 Å². The van der Waals surface area contributed by atoms with Gasteiger partial charge in [0, 0.05) is 23.9 Å². The maximum Gasteiger partial charge on any atom is 0.227 e. The van der Waals surface area contributed by atoms with E-state index in [1.54, 1.807) is 0 Å². The van der Waals surface area contributed by atoms with Gasteiger partial charge in [0.05, 0.1) is 17.7 Å². The van der Waals surface area contributed by atoms with Gasteiger partial charge >= 0.3 is 0 Å². The molecule has 0 saturated carbocycles. The molecule has 2 aromatic carbocycles. The molecule has 0 aliphatic carbocycles. The molecule has 33 heavy (non-hydrogen) atoms. The van der Waals surface area contributed by atoms with Crippen LogP contribution in [0.15, 0.2) is 59.6 Å². The lowest BCUT2D eigenvalue weighted by Crippen LogP contribution is -2.53. The third-order valence-electron chi connectivity index (χ3n) is 6.17. The highest BCUT2D eigenvalue weighted by atomic mass is 16.3. The Balaban J connectivity index is 2.03. The Morgan fingerprint density at radius 2 is 1.82 bits per heavy atom. The van der Waals surface area contributed by atoms with E-state index < -0.39 is 24.2 Å². The molecular weight excluding hydrogens is 414 g/mol. The number of hydrogen-bond acceptors (Lipinski definition) is 5. The predicted molar refractivity (Wildman–Crippen MR) is 133 cm³/mol. The molecule has 0 spiro atoms. The Kier molecular flexibility index (Phi) is 8.39. The zero-order valence-electron chi connectivity index (χ0n) is 19.9. The molecule has 0 fully saturated rings. The minimum absolute atomic E-state index is 0.249. The van der Waals surface area contributed by atoms with Crippen LogP contribution in [0.25, 0.3) is 0 Å². The minimum atomic E-state index is -0.786. The first-order chi connectivity index (χ1) is 15.9. The van der Waals surface area contributed by atoms with Crippen molar-refractivity contribution >= 4 is 23.6 Å². The fourth-order valence-corrected chi connectivity index (χ4v) is 4.44. The van der Waals surface area contributed by atoms with Crippen LogP contribution in [0.4, 0.5) is 5.69 Å². The van der Waals surface area contributed by atoms with Crippen molar-refractivity contribution in [3.05, 3.63) is 65.7 Å². The number of carbonyl (C=O) groups is 2. The van der Waals surface area contributed by atoms with Crippen molar-refractivity contribution in [1.82, 2.24) is 5.32 Å². The van der Waals surface area contributed by atoms with Crippen LogP contribution in [-0.2, 0) is 9.59 Å². The normalized spacial score (nSPS) is 19.8. The highest BCUT2D eigenvalue weighted by molar-refractivity contribution is 6.16. The second-order valence-corrected chi connectivity index (χ2v) is 9.14. The first-order valence-corrected chi connectivity index (χ1v) is 11.8. The number of likely N-dealkylation sites (N-methyl/N-ethyl adjacent to an activating group) is 1. The summed E-state index contributed by atoms with van der Waals surface area (Å²) in [6.45, 7) is 6.06. The van der Waals surface area contributed by atoms with Gasteiger partial charge in [-0.3, -0.25) is 9.79 Å². The second-order valence-electron chi connectivity index (χ2n) is 9.14. The number of aliphatic imine (C=N–C) groups is 1. The Morgan fingerprint density at radius 1 is 1.15 bits per heavy atom. The van der Waals surface area contributed by atoms with E-state index in [4.69, 9.17) is 4.99 Å². The number of aliphatic hydroxyl groups is 1. The molecule has 1 aliphatic rings. The van der Waals surface area contributed by atoms with E-state index in [9.17, 15) is 14.7 Å². The molecular formula is C27H35N3O3. The average Bonchev–Trinajstić information content (AvgIpc) is 2.92. The van der Waals surface area contributed by atoms with Gasteiger partial charge in [0.25, 0.3) is 0 Å². The Hall–Kier alpha value is -2.99. The number of fused-ring (bicyclic) bond motifs is 1.